The van der Waals surface area contributed by atoms with Crippen LogP contribution in [0.1, 0.15) is 37.7 Å². The number of rotatable bonds is 2. The number of halogens is 2. The van der Waals surface area contributed by atoms with Crippen LogP contribution < -0.4 is 10.6 Å². The summed E-state index contributed by atoms with van der Waals surface area (Å²) in [6.07, 6.45) is 5.80. The molecule has 2 unspecified atom stereocenters. The normalized spacial score (nSPS) is 30.1. The Balaban J connectivity index is 0.00000131. The summed E-state index contributed by atoms with van der Waals surface area (Å²) in [5.74, 6) is 1.78. The van der Waals surface area contributed by atoms with Crippen molar-refractivity contribution in [3.8, 4) is 0 Å². The third-order valence-corrected chi connectivity index (χ3v) is 6.72. The number of carbonyl (C=O) groups is 1. The molecule has 2 saturated carbocycles. The number of nitrogens with zero attached hydrogens (tertiary/aromatic N) is 2. The first kappa shape index (κ1) is 22.3. The molecule has 2 aliphatic carbocycles. The van der Waals surface area contributed by atoms with E-state index in [9.17, 15) is 4.79 Å². The molecule has 3 fully saturated rings. The number of fused-ring (bicyclic) bond motifs is 2. The van der Waals surface area contributed by atoms with Crippen LogP contribution >= 0.6 is 24.8 Å². The average molecular weight is 414 g/mol. The van der Waals surface area contributed by atoms with Gasteiger partial charge in [0, 0.05) is 43.8 Å². The van der Waals surface area contributed by atoms with E-state index >= 15 is 0 Å². The fourth-order valence-electron chi connectivity index (χ4n) is 5.26. The summed E-state index contributed by atoms with van der Waals surface area (Å²) in [5.41, 5.74) is 8.96. The van der Waals surface area contributed by atoms with E-state index < -0.39 is 0 Å². The maximum absolute atomic E-state index is 13.1. The first-order chi connectivity index (χ1) is 12.1. The van der Waals surface area contributed by atoms with Gasteiger partial charge in [-0.2, -0.15) is 0 Å². The second-order valence-corrected chi connectivity index (χ2v) is 8.35. The highest BCUT2D eigenvalue weighted by Crippen LogP contribution is 2.42. The predicted octanol–water partition coefficient (Wildman–Crippen LogP) is 3.64. The van der Waals surface area contributed by atoms with Gasteiger partial charge in [0.2, 0.25) is 5.91 Å². The fourth-order valence-corrected chi connectivity index (χ4v) is 5.26. The minimum Gasteiger partial charge on any atom is -0.368 e. The molecule has 1 saturated heterocycles. The van der Waals surface area contributed by atoms with E-state index in [0.717, 1.165) is 39.0 Å². The Bertz CT molecular complexity index is 620. The van der Waals surface area contributed by atoms with Crippen molar-refractivity contribution >= 4 is 36.4 Å². The molecule has 2 bridgehead atoms. The van der Waals surface area contributed by atoms with Crippen LogP contribution in [0.25, 0.3) is 0 Å². The number of piperazine rings is 1. The molecule has 6 heteroatoms. The molecule has 1 heterocycles. The summed E-state index contributed by atoms with van der Waals surface area (Å²) in [6, 6.07) is 9.01. The smallest absolute Gasteiger partial charge is 0.225 e. The molecule has 2 atom stereocenters. The van der Waals surface area contributed by atoms with Gasteiger partial charge in [-0.15, -0.1) is 24.8 Å². The number of nitrogens with two attached hydrogens (primary N) is 1. The summed E-state index contributed by atoms with van der Waals surface area (Å²) in [4.78, 5) is 17.6. The third kappa shape index (κ3) is 4.72. The van der Waals surface area contributed by atoms with E-state index in [4.69, 9.17) is 5.73 Å². The zero-order chi connectivity index (χ0) is 17.4. The van der Waals surface area contributed by atoms with Crippen molar-refractivity contribution in [2.45, 2.75) is 45.1 Å². The van der Waals surface area contributed by atoms with Crippen LogP contribution in [0, 0.1) is 24.7 Å². The maximum Gasteiger partial charge on any atom is 0.225 e. The van der Waals surface area contributed by atoms with Crippen LogP contribution in [0.3, 0.4) is 0 Å². The lowest BCUT2D eigenvalue weighted by atomic mass is 9.65. The van der Waals surface area contributed by atoms with E-state index in [1.54, 1.807) is 0 Å². The minimum atomic E-state index is 0. The van der Waals surface area contributed by atoms with Crippen LogP contribution in [-0.2, 0) is 4.79 Å². The molecule has 152 valence electrons. The highest BCUT2D eigenvalue weighted by Gasteiger charge is 2.41. The van der Waals surface area contributed by atoms with Crippen molar-refractivity contribution in [1.29, 1.82) is 0 Å². The second-order valence-electron chi connectivity index (χ2n) is 8.35. The number of hydrogen-bond acceptors (Lipinski definition) is 3. The van der Waals surface area contributed by atoms with Gasteiger partial charge in [0.05, 0.1) is 0 Å². The summed E-state index contributed by atoms with van der Waals surface area (Å²) in [6.45, 7) is 5.71. The largest absolute Gasteiger partial charge is 0.368 e. The molecule has 1 aromatic rings. The van der Waals surface area contributed by atoms with Crippen molar-refractivity contribution < 1.29 is 4.79 Å². The molecule has 27 heavy (non-hydrogen) atoms. The van der Waals surface area contributed by atoms with Crippen LogP contribution in [0.5, 0.6) is 0 Å². The van der Waals surface area contributed by atoms with E-state index in [2.05, 4.69) is 41.0 Å². The number of benzene rings is 1. The van der Waals surface area contributed by atoms with Crippen molar-refractivity contribution in [1.82, 2.24) is 4.90 Å². The van der Waals surface area contributed by atoms with Gasteiger partial charge < -0.3 is 15.5 Å². The Labute approximate surface area is 175 Å². The highest BCUT2D eigenvalue weighted by atomic mass is 35.5. The van der Waals surface area contributed by atoms with Crippen molar-refractivity contribution in [3.05, 3.63) is 29.8 Å². The first-order valence-corrected chi connectivity index (χ1v) is 9.98. The van der Waals surface area contributed by atoms with Crippen molar-refractivity contribution in [2.75, 3.05) is 31.1 Å². The summed E-state index contributed by atoms with van der Waals surface area (Å²) >= 11 is 0. The monoisotopic (exact) mass is 413 g/mol. The Hall–Kier alpha value is -0.970. The molecule has 0 radical (unpaired) electrons. The molecule has 1 aliphatic heterocycles. The summed E-state index contributed by atoms with van der Waals surface area (Å²) < 4.78 is 0. The Morgan fingerprint density at radius 3 is 2.26 bits per heavy atom. The lowest BCUT2D eigenvalue weighted by Gasteiger charge is -2.45. The zero-order valence-corrected chi connectivity index (χ0v) is 17.8. The molecule has 0 spiro atoms. The van der Waals surface area contributed by atoms with Crippen molar-refractivity contribution in [2.24, 2.45) is 23.5 Å². The van der Waals surface area contributed by atoms with E-state index in [1.807, 2.05) is 0 Å². The number of carbonyl (C=O) groups excluding carboxylic acids is 1. The van der Waals surface area contributed by atoms with Crippen LogP contribution in [0.4, 0.5) is 5.69 Å². The fraction of sp³-hybridized carbons (Fsp3) is 0.667. The molecule has 2 N–H and O–H groups in total. The Morgan fingerprint density at radius 2 is 1.67 bits per heavy atom. The number of anilines is 1. The summed E-state index contributed by atoms with van der Waals surface area (Å²) in [5, 5.41) is 0. The van der Waals surface area contributed by atoms with Crippen molar-refractivity contribution in [3.63, 3.8) is 0 Å². The highest BCUT2D eigenvalue weighted by molar-refractivity contribution is 5.85. The van der Waals surface area contributed by atoms with Crippen LogP contribution in [-0.4, -0.2) is 43.0 Å². The quantitative estimate of drug-likeness (QED) is 0.804. The maximum atomic E-state index is 13.1. The van der Waals surface area contributed by atoms with Gasteiger partial charge in [0.25, 0.3) is 0 Å². The van der Waals surface area contributed by atoms with Gasteiger partial charge in [-0.25, -0.2) is 0 Å². The Morgan fingerprint density at radius 1 is 1.04 bits per heavy atom. The molecule has 0 aromatic heterocycles. The van der Waals surface area contributed by atoms with E-state index in [0.29, 0.717) is 23.8 Å². The van der Waals surface area contributed by atoms with E-state index in [1.165, 1.54) is 30.5 Å². The predicted molar refractivity (Wildman–Crippen MR) is 116 cm³/mol. The number of aryl methyl sites for hydroxylation is 1. The molecule has 4 nitrogen and oxygen atoms in total. The van der Waals surface area contributed by atoms with Gasteiger partial charge >= 0.3 is 0 Å². The Kier molecular flexibility index (Phi) is 7.84. The molecule has 1 amide bonds. The standard InChI is InChI=1S/C21H31N3O.2ClH/c1-15-4-2-7-19(12-15)23-8-10-24(11-9-23)21(25)18-13-16-5-3-6-17(14-18)20(16)22;;/h2,4,7,12,16-18,20H,3,5-6,8-11,13-14,22H2,1H3;2*1H. The number of amides is 1. The first-order valence-electron chi connectivity index (χ1n) is 9.98. The molecule has 1 aromatic carbocycles. The van der Waals surface area contributed by atoms with Gasteiger partial charge in [0.15, 0.2) is 0 Å². The van der Waals surface area contributed by atoms with Gasteiger partial charge in [-0.3, -0.25) is 4.79 Å². The molecular formula is C21H33Cl2N3O. The van der Waals surface area contributed by atoms with Crippen LogP contribution in [0.15, 0.2) is 24.3 Å². The van der Waals surface area contributed by atoms with Gasteiger partial charge in [-0.1, -0.05) is 18.6 Å². The topological polar surface area (TPSA) is 49.6 Å². The summed E-state index contributed by atoms with van der Waals surface area (Å²) in [7, 11) is 0. The van der Waals surface area contributed by atoms with E-state index in [-0.39, 0.29) is 30.7 Å². The molecular weight excluding hydrogens is 381 g/mol. The average Bonchev–Trinajstić information content (AvgIpc) is 2.61. The van der Waals surface area contributed by atoms with Gasteiger partial charge in [0.1, 0.15) is 0 Å². The molecule has 3 aliphatic rings. The lowest BCUT2D eigenvalue weighted by molar-refractivity contribution is -0.138. The second kappa shape index (κ2) is 9.49. The lowest BCUT2D eigenvalue weighted by Crippen LogP contribution is -2.53. The van der Waals surface area contributed by atoms with Gasteiger partial charge in [-0.05, 0) is 62.1 Å². The third-order valence-electron chi connectivity index (χ3n) is 6.72. The van der Waals surface area contributed by atoms with Crippen LogP contribution in [0.2, 0.25) is 0 Å². The molecule has 4 rings (SSSR count). The number of hydrogen-bond donors (Lipinski definition) is 1. The zero-order valence-electron chi connectivity index (χ0n) is 16.2. The minimum absolute atomic E-state index is 0. The SMILES string of the molecule is Cc1cccc(N2CCN(C(=O)C3CC4CCCC(C3)C4N)CC2)c1.Cl.Cl.